The summed E-state index contributed by atoms with van der Waals surface area (Å²) in [5, 5.41) is 0. The molecule has 0 aromatic carbocycles. The molecule has 0 heterocycles. The van der Waals surface area contributed by atoms with E-state index in [-0.39, 0.29) is 19.2 Å². The lowest BCUT2D eigenvalue weighted by Gasteiger charge is -2.06. The number of carbonyl (C=O) groups excluding carboxylic acids is 1. The molecule has 0 rings (SSSR count). The predicted octanol–water partition coefficient (Wildman–Crippen LogP) is 4.90. The molecule has 0 unspecified atom stereocenters. The van der Waals surface area contributed by atoms with Gasteiger partial charge in [-0.25, -0.2) is 4.57 Å². The molecule has 0 bridgehead atoms. The number of esters is 1. The standard InChI is InChI=1S/C18H35O6P/c1-2-3-4-5-6-7-8-9-10-11-12-13-14-15-18(19)23-16-17-24-25(20,21)22/h7-8H,2-6,9-17H2,1H3,(H2,20,21,22)/b8-7+. The molecule has 25 heavy (non-hydrogen) atoms. The summed E-state index contributed by atoms with van der Waals surface area (Å²) < 4.78 is 19.4. The van der Waals surface area contributed by atoms with Crippen LogP contribution >= 0.6 is 7.82 Å². The Balaban J connectivity index is 3.28. The SMILES string of the molecule is CCCCCC/C=C/CCCCCCCC(=O)OCCOP(=O)(O)O. The minimum atomic E-state index is -4.47. The van der Waals surface area contributed by atoms with Gasteiger partial charge < -0.3 is 14.5 Å². The number of allylic oxidation sites excluding steroid dienone is 2. The molecule has 0 aromatic heterocycles. The summed E-state index contributed by atoms with van der Waals surface area (Å²) in [7, 11) is -4.47. The van der Waals surface area contributed by atoms with E-state index in [0.29, 0.717) is 6.42 Å². The van der Waals surface area contributed by atoms with E-state index in [9.17, 15) is 9.36 Å². The third-order valence-corrected chi connectivity index (χ3v) is 4.27. The van der Waals surface area contributed by atoms with Gasteiger partial charge in [0.15, 0.2) is 0 Å². The first-order valence-corrected chi connectivity index (χ1v) is 11.0. The average molecular weight is 378 g/mol. The first kappa shape index (κ1) is 24.3. The van der Waals surface area contributed by atoms with Gasteiger partial charge in [-0.2, -0.15) is 0 Å². The summed E-state index contributed by atoms with van der Waals surface area (Å²) in [5.41, 5.74) is 0. The fourth-order valence-electron chi connectivity index (χ4n) is 2.37. The van der Waals surface area contributed by atoms with Crippen molar-refractivity contribution in [3.05, 3.63) is 12.2 Å². The van der Waals surface area contributed by atoms with Crippen molar-refractivity contribution in [2.24, 2.45) is 0 Å². The zero-order chi connectivity index (χ0) is 18.8. The van der Waals surface area contributed by atoms with Crippen LogP contribution in [-0.2, 0) is 18.6 Å². The Morgan fingerprint density at radius 1 is 0.880 bits per heavy atom. The van der Waals surface area contributed by atoms with Crippen LogP contribution < -0.4 is 0 Å². The molecule has 0 fully saturated rings. The van der Waals surface area contributed by atoms with Crippen LogP contribution in [0.3, 0.4) is 0 Å². The Bertz CT molecular complexity index is 391. The molecule has 0 saturated carbocycles. The zero-order valence-electron chi connectivity index (χ0n) is 15.5. The first-order valence-electron chi connectivity index (χ1n) is 9.46. The fraction of sp³-hybridized carbons (Fsp3) is 0.833. The summed E-state index contributed by atoms with van der Waals surface area (Å²) in [5.74, 6) is -0.347. The van der Waals surface area contributed by atoms with Gasteiger partial charge in [-0.15, -0.1) is 0 Å². The Hall–Kier alpha value is -0.680. The summed E-state index contributed by atoms with van der Waals surface area (Å²) in [6.07, 6.45) is 17.7. The van der Waals surface area contributed by atoms with E-state index >= 15 is 0 Å². The van der Waals surface area contributed by atoms with Gasteiger partial charge in [0.25, 0.3) is 0 Å². The molecule has 0 aliphatic heterocycles. The summed E-state index contributed by atoms with van der Waals surface area (Å²) in [6.45, 7) is 1.81. The van der Waals surface area contributed by atoms with Crippen LogP contribution in [-0.4, -0.2) is 29.0 Å². The molecule has 0 aliphatic rings. The number of rotatable bonds is 17. The van der Waals surface area contributed by atoms with Crippen molar-refractivity contribution in [3.8, 4) is 0 Å². The van der Waals surface area contributed by atoms with Gasteiger partial charge in [0.05, 0.1) is 6.61 Å². The normalized spacial score (nSPS) is 12.0. The van der Waals surface area contributed by atoms with Gasteiger partial charge in [0, 0.05) is 6.42 Å². The maximum absolute atomic E-state index is 11.4. The number of hydrogen-bond donors (Lipinski definition) is 2. The lowest BCUT2D eigenvalue weighted by Crippen LogP contribution is -2.09. The Morgan fingerprint density at radius 3 is 2.04 bits per heavy atom. The highest BCUT2D eigenvalue weighted by Gasteiger charge is 2.13. The van der Waals surface area contributed by atoms with Crippen LogP contribution in [0.4, 0.5) is 0 Å². The van der Waals surface area contributed by atoms with Crippen LogP contribution in [0.2, 0.25) is 0 Å². The molecule has 148 valence electrons. The number of unbranched alkanes of at least 4 members (excludes halogenated alkanes) is 9. The minimum absolute atomic E-state index is 0.130. The third kappa shape index (κ3) is 21.3. The first-order chi connectivity index (χ1) is 12.0. The number of phosphoric ester groups is 1. The van der Waals surface area contributed by atoms with E-state index in [1.54, 1.807) is 0 Å². The van der Waals surface area contributed by atoms with E-state index in [0.717, 1.165) is 25.7 Å². The lowest BCUT2D eigenvalue weighted by molar-refractivity contribution is -0.144. The van der Waals surface area contributed by atoms with Crippen LogP contribution in [0.15, 0.2) is 12.2 Å². The van der Waals surface area contributed by atoms with Crippen molar-refractivity contribution in [1.82, 2.24) is 0 Å². The molecular weight excluding hydrogens is 343 g/mol. The Labute approximate surface area is 152 Å². The Kier molecular flexibility index (Phi) is 16.3. The smallest absolute Gasteiger partial charge is 0.463 e. The maximum Gasteiger partial charge on any atom is 0.469 e. The van der Waals surface area contributed by atoms with Crippen LogP contribution in [0.25, 0.3) is 0 Å². The highest BCUT2D eigenvalue weighted by Crippen LogP contribution is 2.35. The van der Waals surface area contributed by atoms with Gasteiger partial charge >= 0.3 is 13.8 Å². The minimum Gasteiger partial charge on any atom is -0.463 e. The van der Waals surface area contributed by atoms with Crippen molar-refractivity contribution < 1.29 is 28.4 Å². The predicted molar refractivity (Wildman–Crippen MR) is 99.2 cm³/mol. The highest BCUT2D eigenvalue weighted by atomic mass is 31.2. The quantitative estimate of drug-likeness (QED) is 0.162. The lowest BCUT2D eigenvalue weighted by atomic mass is 10.1. The molecule has 0 saturated heterocycles. The second-order valence-corrected chi connectivity index (χ2v) is 7.41. The zero-order valence-corrected chi connectivity index (χ0v) is 16.4. The van der Waals surface area contributed by atoms with Crippen LogP contribution in [0.1, 0.15) is 84.0 Å². The second-order valence-electron chi connectivity index (χ2n) is 6.17. The maximum atomic E-state index is 11.4. The monoisotopic (exact) mass is 378 g/mol. The Morgan fingerprint density at radius 2 is 1.44 bits per heavy atom. The molecule has 2 N–H and O–H groups in total. The van der Waals surface area contributed by atoms with Gasteiger partial charge in [-0.05, 0) is 32.1 Å². The summed E-state index contributed by atoms with van der Waals surface area (Å²) in [6, 6.07) is 0. The van der Waals surface area contributed by atoms with E-state index in [2.05, 4.69) is 23.6 Å². The number of phosphoric acid groups is 1. The third-order valence-electron chi connectivity index (χ3n) is 3.75. The van der Waals surface area contributed by atoms with Crippen molar-refractivity contribution in [2.45, 2.75) is 84.0 Å². The van der Waals surface area contributed by atoms with E-state index in [4.69, 9.17) is 14.5 Å². The second kappa shape index (κ2) is 16.8. The highest BCUT2D eigenvalue weighted by molar-refractivity contribution is 7.46. The molecule has 0 aromatic rings. The van der Waals surface area contributed by atoms with Gasteiger partial charge in [0.2, 0.25) is 0 Å². The van der Waals surface area contributed by atoms with Crippen molar-refractivity contribution in [1.29, 1.82) is 0 Å². The average Bonchev–Trinajstić information content (AvgIpc) is 2.55. The van der Waals surface area contributed by atoms with E-state index in [1.807, 2.05) is 0 Å². The molecular formula is C18H35O6P. The molecule has 0 radical (unpaired) electrons. The van der Waals surface area contributed by atoms with Gasteiger partial charge in [-0.3, -0.25) is 9.32 Å². The molecule has 6 nitrogen and oxygen atoms in total. The van der Waals surface area contributed by atoms with Gasteiger partial charge in [0.1, 0.15) is 6.61 Å². The van der Waals surface area contributed by atoms with E-state index < -0.39 is 7.82 Å². The molecule has 0 amide bonds. The molecule has 0 atom stereocenters. The van der Waals surface area contributed by atoms with Crippen molar-refractivity contribution in [3.63, 3.8) is 0 Å². The molecule has 0 spiro atoms. The van der Waals surface area contributed by atoms with Crippen LogP contribution in [0, 0.1) is 0 Å². The summed E-state index contributed by atoms with van der Waals surface area (Å²) >= 11 is 0. The van der Waals surface area contributed by atoms with Crippen LogP contribution in [0.5, 0.6) is 0 Å². The summed E-state index contributed by atoms with van der Waals surface area (Å²) in [4.78, 5) is 28.3. The molecule has 7 heteroatoms. The van der Waals surface area contributed by atoms with E-state index in [1.165, 1.54) is 44.9 Å². The van der Waals surface area contributed by atoms with Crippen molar-refractivity contribution >= 4 is 13.8 Å². The number of hydrogen-bond acceptors (Lipinski definition) is 4. The molecule has 0 aliphatic carbocycles. The van der Waals surface area contributed by atoms with Gasteiger partial charge in [-0.1, -0.05) is 57.6 Å². The number of ether oxygens (including phenoxy) is 1. The number of carbonyl (C=O) groups is 1. The fourth-order valence-corrected chi connectivity index (χ4v) is 2.68. The van der Waals surface area contributed by atoms with Crippen molar-refractivity contribution in [2.75, 3.05) is 13.2 Å². The topological polar surface area (TPSA) is 93.1 Å². The largest absolute Gasteiger partial charge is 0.469 e.